The van der Waals surface area contributed by atoms with E-state index in [4.69, 9.17) is 12.2 Å². The van der Waals surface area contributed by atoms with Crippen LogP contribution in [0.25, 0.3) is 44.1 Å². The van der Waals surface area contributed by atoms with Gasteiger partial charge < -0.3 is 57.9 Å². The second-order valence-electron chi connectivity index (χ2n) is 28.3. The number of alkyl halides is 1. The van der Waals surface area contributed by atoms with Crippen molar-refractivity contribution in [3.63, 3.8) is 0 Å². The third-order valence-corrected chi connectivity index (χ3v) is 20.5. The van der Waals surface area contributed by atoms with Gasteiger partial charge in [-0.05, 0) is 166 Å². The molecule has 27 nitrogen and oxygen atoms in total. The van der Waals surface area contributed by atoms with Gasteiger partial charge in [0.1, 0.15) is 35.4 Å². The van der Waals surface area contributed by atoms with Crippen LogP contribution in [0.4, 0.5) is 33.3 Å². The molecule has 4 fully saturated rings. The number of aromatic nitrogens is 2. The summed E-state index contributed by atoms with van der Waals surface area (Å²) >= 11 is 0. The van der Waals surface area contributed by atoms with Crippen molar-refractivity contribution in [3.8, 4) is 22.3 Å². The van der Waals surface area contributed by atoms with Gasteiger partial charge in [0.15, 0.2) is 0 Å². The topological polar surface area (TPSA) is 392 Å². The molecule has 0 bridgehead atoms. The summed E-state index contributed by atoms with van der Waals surface area (Å²) in [5.41, 5.74) is 12.4. The number of fused-ring (bicyclic) bond motifs is 4. The number of pyridine rings is 2. The summed E-state index contributed by atoms with van der Waals surface area (Å²) in [4.78, 5) is 158. The lowest BCUT2D eigenvalue weighted by molar-refractivity contribution is -0.138. The fourth-order valence-electron chi connectivity index (χ4n) is 14.2. The number of imide groups is 2. The molecule has 12 N–H and O–H groups in total. The number of carboxylic acids is 1. The lowest BCUT2D eigenvalue weighted by atomic mass is 9.99. The molecule has 2 saturated carbocycles. The summed E-state index contributed by atoms with van der Waals surface area (Å²) in [5, 5.41) is 34.5. The summed E-state index contributed by atoms with van der Waals surface area (Å²) < 4.78 is 75.7. The zero-order valence-electron chi connectivity index (χ0n) is 64.1. The van der Waals surface area contributed by atoms with Crippen molar-refractivity contribution in [2.24, 2.45) is 5.73 Å². The van der Waals surface area contributed by atoms with Gasteiger partial charge in [-0.3, -0.25) is 82.5 Å². The summed E-state index contributed by atoms with van der Waals surface area (Å²) in [5.74, 6) is -7.68. The second-order valence-corrected chi connectivity index (χ2v) is 28.3. The standard InChI is InChI=1S/C41H41F2N7O6.C25H27F2N5O2.C16H16N2O5.CH3F/c1-44-37-28-18-27(32(43)19-33(28)47-20-29(37)39(54)48-24-9-10-24)23-7-11-26(31(42)17-23)38(53)46-16-3-2-15-45-35(51)13-8-22-5-4-6-25-30(22)21-50(41(25)56)34-12-14-36(52)49-40(34)55;1-29-23-18-11-17(14-4-7-16(20(26)10-14)24(33)30-9-3-2-8-28)21(27)12-22(18)31-13-19(23)25(34)32-15-5-6-15;19-13-6-5-12(15(22)17-13)18-8-11-9(4-7-14(20)21)2-1-3-10(11)16(18)23;1-2/h4-7,11,17-20,24,34H,2-3,8-10,12-16,21H2,1H3,(H,44,47)(H,45,51)(H,46,53)(H,48,54)(H,49,52,55);4,7,10-13,15H,2-3,5-6,8-9,28H2,1H3,(H,29,31)(H,30,33)(H,32,34);1-3,12H,4-8H2,(H,20,21)(H,17,19,22);1H3/i;;;1D. The number of amides is 11. The minimum atomic E-state index is -1.00. The van der Waals surface area contributed by atoms with E-state index in [1.165, 1.54) is 64.7 Å². The number of hydrogen-bond donors (Lipinski definition) is 11. The van der Waals surface area contributed by atoms with Crippen LogP contribution in [0.1, 0.15) is 176 Å². The molecule has 2 aliphatic carbocycles. The molecule has 14 rings (SSSR count). The van der Waals surface area contributed by atoms with Crippen molar-refractivity contribution < 1.29 is 86.0 Å². The summed E-state index contributed by atoms with van der Waals surface area (Å²) in [6, 6.07) is 22.8. The number of carboxylic acid groups (broad SMARTS) is 1. The molecule has 2 atom stereocenters. The predicted octanol–water partition coefficient (Wildman–Crippen LogP) is 8.77. The Labute approximate surface area is 658 Å². The highest BCUT2D eigenvalue weighted by Crippen LogP contribution is 2.38. The number of nitrogens with zero attached hydrogens (tertiary/aromatic N) is 4. The Morgan fingerprint density at radius 1 is 0.522 bits per heavy atom. The third kappa shape index (κ3) is 19.9. The van der Waals surface area contributed by atoms with Crippen LogP contribution in [-0.2, 0) is 54.7 Å². The van der Waals surface area contributed by atoms with Gasteiger partial charge in [0, 0.05) is 142 Å². The predicted molar refractivity (Wildman–Crippen MR) is 416 cm³/mol. The number of benzene rings is 6. The molecule has 6 aliphatic rings. The highest BCUT2D eigenvalue weighted by molar-refractivity contribution is 6.11. The van der Waals surface area contributed by atoms with Gasteiger partial charge >= 0.3 is 5.97 Å². The van der Waals surface area contributed by atoms with E-state index in [0.717, 1.165) is 66.5 Å². The Morgan fingerprint density at radius 2 is 0.939 bits per heavy atom. The number of nitrogens with two attached hydrogens (primary N) is 1. The second kappa shape index (κ2) is 37.8. The van der Waals surface area contributed by atoms with Crippen LogP contribution >= 0.6 is 0 Å². The highest BCUT2D eigenvalue weighted by atomic mass is 19.1. The maximum Gasteiger partial charge on any atom is 0.303 e. The number of halogens is 5. The molecule has 602 valence electrons. The molecule has 6 heterocycles. The molecular formula is C83H87F5N14O13. The number of carbonyl (C=O) groups excluding carboxylic acids is 11. The third-order valence-electron chi connectivity index (χ3n) is 20.5. The first-order valence-corrected chi connectivity index (χ1v) is 37.8. The maximum atomic E-state index is 15.3. The number of anilines is 2. The molecule has 32 heteroatoms. The molecule has 2 saturated heterocycles. The molecule has 115 heavy (non-hydrogen) atoms. The van der Waals surface area contributed by atoms with Crippen molar-refractivity contribution in [2.75, 3.05) is 58.1 Å². The SMILES string of the molecule is CNc1c(C(=O)NC2CC2)cnc2cc(F)c(-c3ccc(C(=O)NCCCCN)c(F)c3)cc12.CNc1c(C(=O)NC2CC2)cnc2cc(F)c(-c3ccc(C(=O)NCCCCNC(=O)CCc4cccc5c4CN(C4CCC(=O)NC4=O)C5=O)c(F)c3)cc12.O=C(O)CCc1cccc2c1CN(C1CCC(=O)NC1=O)C2=O.[2H]CF. The fraction of sp³-hybridized carbons (Fsp3) is 0.349. The molecule has 6 aromatic carbocycles. The van der Waals surface area contributed by atoms with Gasteiger partial charge in [0.05, 0.1) is 53.2 Å². The van der Waals surface area contributed by atoms with Crippen molar-refractivity contribution >= 4 is 104 Å². The Morgan fingerprint density at radius 3 is 1.33 bits per heavy atom. The number of hydrogen-bond acceptors (Lipinski definition) is 17. The Balaban J connectivity index is 0.000000186. The van der Waals surface area contributed by atoms with Crippen molar-refractivity contribution in [2.45, 2.75) is 140 Å². The van der Waals surface area contributed by atoms with Gasteiger partial charge in [-0.2, -0.15) is 0 Å². The van der Waals surface area contributed by atoms with Crippen LogP contribution in [0.15, 0.2) is 109 Å². The molecule has 4 aliphatic heterocycles. The highest BCUT2D eigenvalue weighted by Gasteiger charge is 2.42. The van der Waals surface area contributed by atoms with Gasteiger partial charge in [-0.15, -0.1) is 0 Å². The largest absolute Gasteiger partial charge is 0.481 e. The smallest absolute Gasteiger partial charge is 0.303 e. The van der Waals surface area contributed by atoms with E-state index in [2.05, 4.69) is 57.8 Å². The van der Waals surface area contributed by atoms with E-state index in [1.807, 2.05) is 12.1 Å². The summed E-state index contributed by atoms with van der Waals surface area (Å²) in [6.07, 6.45) is 11.0. The Kier molecular flexibility index (Phi) is 26.9. The first kappa shape index (κ1) is 81.9. The number of piperidine rings is 2. The van der Waals surface area contributed by atoms with E-state index in [1.54, 1.807) is 44.4 Å². The average molecular weight is 1580 g/mol. The van der Waals surface area contributed by atoms with Crippen molar-refractivity contribution in [1.29, 1.82) is 0 Å². The maximum absolute atomic E-state index is 15.3. The average Bonchev–Trinajstić information content (AvgIpc) is 1.01. The van der Waals surface area contributed by atoms with E-state index in [-0.39, 0.29) is 139 Å². The lowest BCUT2D eigenvalue weighted by Gasteiger charge is -2.29. The summed E-state index contributed by atoms with van der Waals surface area (Å²) in [6.45, 7) is 2.03. The number of rotatable bonds is 27. The van der Waals surface area contributed by atoms with Crippen LogP contribution < -0.4 is 53.6 Å². The van der Waals surface area contributed by atoms with Crippen LogP contribution in [-0.4, -0.2) is 167 Å². The number of aryl methyl sites for hydroxylation is 2. The fourth-order valence-corrected chi connectivity index (χ4v) is 14.2. The van der Waals surface area contributed by atoms with E-state index in [9.17, 15) is 70.7 Å². The molecule has 11 amide bonds. The van der Waals surface area contributed by atoms with Gasteiger partial charge in [-0.25, -0.2) is 17.6 Å². The zero-order valence-corrected chi connectivity index (χ0v) is 63.1. The minimum Gasteiger partial charge on any atom is -0.481 e. The van der Waals surface area contributed by atoms with Gasteiger partial charge in [0.25, 0.3) is 35.4 Å². The van der Waals surface area contributed by atoms with Crippen molar-refractivity contribution in [3.05, 3.63) is 188 Å². The molecule has 2 unspecified atom stereocenters. The van der Waals surface area contributed by atoms with Crippen LogP contribution in [0.2, 0.25) is 0 Å². The first-order valence-electron chi connectivity index (χ1n) is 38.5. The van der Waals surface area contributed by atoms with Crippen LogP contribution in [0.5, 0.6) is 0 Å². The molecule has 0 radical (unpaired) electrons. The van der Waals surface area contributed by atoms with Gasteiger partial charge in [-0.1, -0.05) is 36.4 Å². The molecule has 0 spiro atoms. The van der Waals surface area contributed by atoms with Crippen LogP contribution in [0, 0.1) is 23.3 Å². The quantitative estimate of drug-likeness (QED) is 0.0130. The minimum absolute atomic E-state index is 0.0109. The number of unbranched alkanes of at least 4 members (excludes halogenated alkanes) is 2. The molecule has 2 aromatic heterocycles. The van der Waals surface area contributed by atoms with Crippen molar-refractivity contribution in [1.82, 2.24) is 57.0 Å². The van der Waals surface area contributed by atoms with Crippen LogP contribution in [0.3, 0.4) is 0 Å². The molecule has 8 aromatic rings. The number of aliphatic carboxylic acids is 1. The summed E-state index contributed by atoms with van der Waals surface area (Å²) in [7, 11) is 2.33. The van der Waals surface area contributed by atoms with E-state index < -0.39 is 72.1 Å². The van der Waals surface area contributed by atoms with E-state index >= 15 is 8.78 Å². The normalized spacial score (nSPS) is 16.1. The number of nitrogens with one attached hydrogen (secondary N) is 9. The van der Waals surface area contributed by atoms with E-state index in [0.29, 0.717) is 114 Å². The number of carbonyl (C=O) groups is 12. The Hall–Kier alpha value is -12.6. The lowest BCUT2D eigenvalue weighted by Crippen LogP contribution is -2.52. The monoisotopic (exact) mass is 1580 g/mol. The van der Waals surface area contributed by atoms with Gasteiger partial charge in [0.2, 0.25) is 29.5 Å². The molecular weight excluding hydrogens is 1500 g/mol. The first-order chi connectivity index (χ1) is 55.8. The Bertz CT molecular complexity index is 5200. The zero-order chi connectivity index (χ0) is 83.0.